The van der Waals surface area contributed by atoms with Gasteiger partial charge in [-0.05, 0) is 6.92 Å². The minimum Gasteiger partial charge on any atom is -0.235 e. The predicted molar refractivity (Wildman–Crippen MR) is 55.2 cm³/mol. The molecule has 0 saturated heterocycles. The van der Waals surface area contributed by atoms with Crippen molar-refractivity contribution < 1.29 is 0 Å². The van der Waals surface area contributed by atoms with Gasteiger partial charge < -0.3 is 0 Å². The van der Waals surface area contributed by atoms with Crippen LogP contribution in [0.25, 0.3) is 16.4 Å². The molecular weight excluding hydrogens is 174 g/mol. The fourth-order valence-corrected chi connectivity index (χ4v) is 1.78. The van der Waals surface area contributed by atoms with Gasteiger partial charge in [0.15, 0.2) is 5.65 Å². The molecule has 0 unspecified atom stereocenters. The van der Waals surface area contributed by atoms with Gasteiger partial charge in [0.1, 0.15) is 0 Å². The molecule has 0 saturated carbocycles. The van der Waals surface area contributed by atoms with Gasteiger partial charge in [0.05, 0.1) is 5.69 Å². The molecule has 3 heteroatoms. The predicted octanol–water partition coefficient (Wildman–Crippen LogP) is 2.19. The number of hydrogen-bond donors (Lipinski definition) is 0. The average molecular weight is 183 g/mol. The number of hydrogen-bond acceptors (Lipinski definition) is 2. The molecule has 3 nitrogen and oxygen atoms in total. The largest absolute Gasteiger partial charge is 0.235 e. The van der Waals surface area contributed by atoms with Gasteiger partial charge in [0.25, 0.3) is 0 Å². The van der Waals surface area contributed by atoms with Crippen LogP contribution in [0, 0.1) is 6.92 Å². The first-order chi connectivity index (χ1) is 6.86. The molecule has 3 rings (SSSR count). The summed E-state index contributed by atoms with van der Waals surface area (Å²) in [7, 11) is 0. The summed E-state index contributed by atoms with van der Waals surface area (Å²) in [5, 5.41) is 6.75. The third-order valence-electron chi connectivity index (χ3n) is 2.44. The molecule has 0 spiro atoms. The number of imidazole rings is 1. The third-order valence-corrected chi connectivity index (χ3v) is 2.44. The summed E-state index contributed by atoms with van der Waals surface area (Å²) in [4.78, 5) is 4.29. The normalized spacial score (nSPS) is 11.2. The molecule has 0 aliphatic carbocycles. The topological polar surface area (TPSA) is 30.2 Å². The second-order valence-electron chi connectivity index (χ2n) is 3.33. The lowest BCUT2D eigenvalue weighted by atomic mass is 10.1. The highest BCUT2D eigenvalue weighted by Gasteiger charge is 2.04. The van der Waals surface area contributed by atoms with Gasteiger partial charge in [-0.25, -0.2) is 9.50 Å². The molecule has 1 aromatic carbocycles. The summed E-state index contributed by atoms with van der Waals surface area (Å²) in [6.07, 6.45) is 3.64. The Kier molecular flexibility index (Phi) is 1.36. The number of benzene rings is 1. The van der Waals surface area contributed by atoms with Crippen LogP contribution in [0.4, 0.5) is 0 Å². The van der Waals surface area contributed by atoms with Crippen molar-refractivity contribution in [3.8, 4) is 0 Å². The summed E-state index contributed by atoms with van der Waals surface area (Å²) in [5.41, 5.74) is 1.96. The molecule has 14 heavy (non-hydrogen) atoms. The van der Waals surface area contributed by atoms with Crippen molar-refractivity contribution in [3.63, 3.8) is 0 Å². The van der Waals surface area contributed by atoms with Gasteiger partial charge in [0.2, 0.25) is 0 Å². The maximum Gasteiger partial charge on any atom is 0.161 e. The van der Waals surface area contributed by atoms with Crippen LogP contribution in [-0.2, 0) is 0 Å². The van der Waals surface area contributed by atoms with E-state index in [-0.39, 0.29) is 0 Å². The van der Waals surface area contributed by atoms with Crippen LogP contribution in [0.5, 0.6) is 0 Å². The van der Waals surface area contributed by atoms with Crippen LogP contribution in [0.2, 0.25) is 0 Å². The first-order valence-electron chi connectivity index (χ1n) is 4.55. The highest BCUT2D eigenvalue weighted by atomic mass is 15.2. The summed E-state index contributed by atoms with van der Waals surface area (Å²) in [6.45, 7) is 2.02. The van der Waals surface area contributed by atoms with E-state index >= 15 is 0 Å². The highest BCUT2D eigenvalue weighted by molar-refractivity contribution is 5.94. The Hall–Kier alpha value is -1.90. The van der Waals surface area contributed by atoms with Crippen molar-refractivity contribution >= 4 is 16.4 Å². The molecule has 68 valence electrons. The van der Waals surface area contributed by atoms with E-state index in [2.05, 4.69) is 22.2 Å². The van der Waals surface area contributed by atoms with Crippen molar-refractivity contribution in [1.82, 2.24) is 14.6 Å². The van der Waals surface area contributed by atoms with Crippen molar-refractivity contribution in [3.05, 3.63) is 42.4 Å². The summed E-state index contributed by atoms with van der Waals surface area (Å²) < 4.78 is 1.82. The van der Waals surface area contributed by atoms with E-state index in [9.17, 15) is 0 Å². The number of fused-ring (bicyclic) bond motifs is 3. The van der Waals surface area contributed by atoms with Crippen molar-refractivity contribution in [2.24, 2.45) is 0 Å². The molecule has 0 fully saturated rings. The average Bonchev–Trinajstić information content (AvgIpc) is 2.66. The van der Waals surface area contributed by atoms with Crippen LogP contribution in [0.1, 0.15) is 5.69 Å². The van der Waals surface area contributed by atoms with Crippen LogP contribution < -0.4 is 0 Å². The summed E-state index contributed by atoms with van der Waals surface area (Å²) in [5.74, 6) is 0. The van der Waals surface area contributed by atoms with Crippen LogP contribution >= 0.6 is 0 Å². The first-order valence-corrected chi connectivity index (χ1v) is 4.55. The van der Waals surface area contributed by atoms with E-state index < -0.39 is 0 Å². The zero-order valence-corrected chi connectivity index (χ0v) is 7.81. The molecule has 3 aromatic rings. The molecular formula is C11H9N3. The molecule has 0 atom stereocenters. The summed E-state index contributed by atoms with van der Waals surface area (Å²) in [6, 6.07) is 8.20. The molecule has 0 radical (unpaired) electrons. The minimum atomic E-state index is 0.922. The van der Waals surface area contributed by atoms with Gasteiger partial charge >= 0.3 is 0 Å². The van der Waals surface area contributed by atoms with Crippen LogP contribution in [0.3, 0.4) is 0 Å². The lowest BCUT2D eigenvalue weighted by Gasteiger charge is -2.02. The number of nitrogens with zero attached hydrogens (tertiary/aromatic N) is 3. The van der Waals surface area contributed by atoms with E-state index in [0.717, 1.165) is 16.7 Å². The van der Waals surface area contributed by atoms with Crippen LogP contribution in [0.15, 0.2) is 36.7 Å². The Labute approximate surface area is 81.0 Å². The maximum absolute atomic E-state index is 4.42. The molecule has 0 amide bonds. The Morgan fingerprint density at radius 3 is 2.79 bits per heavy atom. The standard InChI is InChI=1S/C11H9N3/c1-8-9-4-2-3-5-10(9)11-12-6-7-14(11)13-8/h2-7H,1H3. The molecule has 0 N–H and O–H groups in total. The molecule has 0 aliphatic heterocycles. The summed E-state index contributed by atoms with van der Waals surface area (Å²) >= 11 is 0. The molecule has 0 bridgehead atoms. The van der Waals surface area contributed by atoms with Gasteiger partial charge in [0, 0.05) is 23.2 Å². The Balaban J connectivity index is 2.67. The Bertz CT molecular complexity index is 610. The van der Waals surface area contributed by atoms with E-state index in [1.54, 1.807) is 6.20 Å². The van der Waals surface area contributed by atoms with Crippen LogP contribution in [-0.4, -0.2) is 14.6 Å². The van der Waals surface area contributed by atoms with Gasteiger partial charge in [-0.15, -0.1) is 0 Å². The third kappa shape index (κ3) is 0.865. The number of aromatic nitrogens is 3. The van der Waals surface area contributed by atoms with E-state index in [1.165, 1.54) is 5.39 Å². The maximum atomic E-state index is 4.42. The second kappa shape index (κ2) is 2.54. The highest BCUT2D eigenvalue weighted by Crippen LogP contribution is 2.19. The minimum absolute atomic E-state index is 0.922. The fourth-order valence-electron chi connectivity index (χ4n) is 1.78. The zero-order chi connectivity index (χ0) is 9.54. The fraction of sp³-hybridized carbons (Fsp3) is 0.0909. The smallest absolute Gasteiger partial charge is 0.161 e. The van der Waals surface area contributed by atoms with E-state index in [1.807, 2.05) is 29.8 Å². The number of aryl methyl sites for hydroxylation is 1. The molecule has 2 aromatic heterocycles. The SMILES string of the molecule is Cc1nn2ccnc2c2ccccc12. The Morgan fingerprint density at radius 1 is 1.14 bits per heavy atom. The second-order valence-corrected chi connectivity index (χ2v) is 3.33. The van der Waals surface area contributed by atoms with Crippen molar-refractivity contribution in [2.75, 3.05) is 0 Å². The zero-order valence-electron chi connectivity index (χ0n) is 7.81. The van der Waals surface area contributed by atoms with E-state index in [0.29, 0.717) is 0 Å². The lowest BCUT2D eigenvalue weighted by molar-refractivity contribution is 0.915. The molecule has 2 heterocycles. The number of rotatable bonds is 0. The first kappa shape index (κ1) is 7.50. The lowest BCUT2D eigenvalue weighted by Crippen LogP contribution is -1.95. The molecule has 0 aliphatic rings. The van der Waals surface area contributed by atoms with Crippen molar-refractivity contribution in [1.29, 1.82) is 0 Å². The monoisotopic (exact) mass is 183 g/mol. The Morgan fingerprint density at radius 2 is 1.93 bits per heavy atom. The van der Waals surface area contributed by atoms with E-state index in [4.69, 9.17) is 0 Å². The van der Waals surface area contributed by atoms with Crippen molar-refractivity contribution in [2.45, 2.75) is 6.92 Å². The van der Waals surface area contributed by atoms with Gasteiger partial charge in [-0.2, -0.15) is 5.10 Å². The van der Waals surface area contributed by atoms with Gasteiger partial charge in [-0.3, -0.25) is 0 Å². The van der Waals surface area contributed by atoms with Gasteiger partial charge in [-0.1, -0.05) is 24.3 Å². The quantitative estimate of drug-likeness (QED) is 0.534.